The predicted molar refractivity (Wildman–Crippen MR) is 149 cm³/mol. The van der Waals surface area contributed by atoms with Crippen LogP contribution in [0.1, 0.15) is 60.1 Å². The fourth-order valence-electron chi connectivity index (χ4n) is 5.27. The Balaban J connectivity index is 1.40. The number of likely N-dealkylation sites (tertiary alicyclic amines) is 1. The lowest BCUT2D eigenvalue weighted by molar-refractivity contribution is 0.200. The number of aryl methyl sites for hydroxylation is 3. The number of aliphatic imine (C=N–C) groups is 1. The van der Waals surface area contributed by atoms with Crippen LogP contribution >= 0.6 is 0 Å². The first-order valence-electron chi connectivity index (χ1n) is 12.9. The lowest BCUT2D eigenvalue weighted by Gasteiger charge is -2.34. The molecule has 3 aromatic rings. The second-order valence-corrected chi connectivity index (χ2v) is 10.4. The third-order valence-electron chi connectivity index (χ3n) is 7.34. The van der Waals surface area contributed by atoms with Crippen LogP contribution in [0.25, 0.3) is 0 Å². The standard InChI is InChI=1S/C32H39N3/c1-22(2)32(34-30-13-9-7-11-24(30)4)27-16-18-35(19-17-27)21-26-14-15-29(25(5)20-26)31(33)28-12-8-6-10-23(28)3/h6-15,20,22,27,33H,16-19,21H2,1-5H3. The van der Waals surface area contributed by atoms with E-state index in [0.29, 0.717) is 17.5 Å². The van der Waals surface area contributed by atoms with Crippen LogP contribution in [-0.4, -0.2) is 29.4 Å². The van der Waals surface area contributed by atoms with E-state index in [1.165, 1.54) is 22.4 Å². The molecule has 0 spiro atoms. The third kappa shape index (κ3) is 5.97. The maximum atomic E-state index is 8.74. The van der Waals surface area contributed by atoms with Gasteiger partial charge in [-0.05, 0) is 86.9 Å². The molecule has 1 aliphatic rings. The Bertz CT molecular complexity index is 1210. The minimum absolute atomic E-state index is 0.463. The first kappa shape index (κ1) is 25.1. The lowest BCUT2D eigenvalue weighted by atomic mass is 9.86. The first-order valence-corrected chi connectivity index (χ1v) is 12.9. The molecule has 35 heavy (non-hydrogen) atoms. The number of nitrogens with one attached hydrogen (secondary N) is 1. The predicted octanol–water partition coefficient (Wildman–Crippen LogP) is 7.67. The zero-order chi connectivity index (χ0) is 24.9. The van der Waals surface area contributed by atoms with Crippen LogP contribution in [0, 0.1) is 38.0 Å². The summed E-state index contributed by atoms with van der Waals surface area (Å²) in [6.45, 7) is 14.1. The second-order valence-electron chi connectivity index (χ2n) is 10.4. The van der Waals surface area contributed by atoms with Crippen LogP contribution < -0.4 is 0 Å². The van der Waals surface area contributed by atoms with Crippen molar-refractivity contribution in [2.45, 2.75) is 54.0 Å². The van der Waals surface area contributed by atoms with E-state index in [-0.39, 0.29) is 0 Å². The highest BCUT2D eigenvalue weighted by Crippen LogP contribution is 2.28. The van der Waals surface area contributed by atoms with Gasteiger partial charge in [0.1, 0.15) is 0 Å². The molecule has 0 aliphatic carbocycles. The van der Waals surface area contributed by atoms with Crippen molar-refractivity contribution in [2.75, 3.05) is 13.1 Å². The fourth-order valence-corrected chi connectivity index (χ4v) is 5.27. The Kier molecular flexibility index (Phi) is 7.97. The monoisotopic (exact) mass is 465 g/mol. The zero-order valence-corrected chi connectivity index (χ0v) is 21.9. The Morgan fingerprint density at radius 3 is 2.11 bits per heavy atom. The van der Waals surface area contributed by atoms with E-state index >= 15 is 0 Å². The normalized spacial score (nSPS) is 15.5. The van der Waals surface area contributed by atoms with Crippen LogP contribution in [0.3, 0.4) is 0 Å². The summed E-state index contributed by atoms with van der Waals surface area (Å²) in [7, 11) is 0. The molecular formula is C32H39N3. The van der Waals surface area contributed by atoms with Gasteiger partial charge in [0, 0.05) is 23.4 Å². The molecule has 1 saturated heterocycles. The van der Waals surface area contributed by atoms with Crippen molar-refractivity contribution in [2.24, 2.45) is 16.8 Å². The summed E-state index contributed by atoms with van der Waals surface area (Å²) in [6, 6.07) is 23.2. The highest BCUT2D eigenvalue weighted by Gasteiger charge is 2.25. The molecule has 0 unspecified atom stereocenters. The SMILES string of the molecule is Cc1ccccc1N=C(C(C)C)C1CCN(Cc2ccc(C(=N)c3ccccc3C)c(C)c2)CC1. The largest absolute Gasteiger partial charge is 0.300 e. The van der Waals surface area contributed by atoms with Gasteiger partial charge in [0.25, 0.3) is 0 Å². The average molecular weight is 466 g/mol. The zero-order valence-electron chi connectivity index (χ0n) is 21.9. The number of para-hydroxylation sites is 1. The molecule has 1 N–H and O–H groups in total. The van der Waals surface area contributed by atoms with Gasteiger partial charge in [-0.3, -0.25) is 15.3 Å². The van der Waals surface area contributed by atoms with Gasteiger partial charge in [-0.15, -0.1) is 0 Å². The Labute approximate surface area is 211 Å². The van der Waals surface area contributed by atoms with Crippen LogP contribution in [0.4, 0.5) is 5.69 Å². The quantitative estimate of drug-likeness (QED) is 0.357. The van der Waals surface area contributed by atoms with Crippen molar-refractivity contribution in [3.63, 3.8) is 0 Å². The molecule has 3 nitrogen and oxygen atoms in total. The lowest BCUT2D eigenvalue weighted by Crippen LogP contribution is -2.37. The van der Waals surface area contributed by atoms with Crippen LogP contribution in [-0.2, 0) is 6.54 Å². The molecule has 0 bridgehead atoms. The van der Waals surface area contributed by atoms with E-state index in [4.69, 9.17) is 10.4 Å². The molecule has 3 heteroatoms. The summed E-state index contributed by atoms with van der Waals surface area (Å²) in [6.07, 6.45) is 2.33. The smallest absolute Gasteiger partial charge is 0.0689 e. The van der Waals surface area contributed by atoms with Gasteiger partial charge in [0.05, 0.1) is 11.4 Å². The minimum atomic E-state index is 0.463. The van der Waals surface area contributed by atoms with E-state index in [1.54, 1.807) is 0 Å². The van der Waals surface area contributed by atoms with E-state index in [2.05, 4.69) is 88.0 Å². The number of benzene rings is 3. The molecule has 0 radical (unpaired) electrons. The van der Waals surface area contributed by atoms with E-state index in [0.717, 1.165) is 54.9 Å². The maximum Gasteiger partial charge on any atom is 0.0689 e. The molecule has 0 aromatic heterocycles. The molecule has 1 fully saturated rings. The highest BCUT2D eigenvalue weighted by atomic mass is 15.1. The molecule has 3 aromatic carbocycles. The Morgan fingerprint density at radius 1 is 0.857 bits per heavy atom. The van der Waals surface area contributed by atoms with E-state index < -0.39 is 0 Å². The average Bonchev–Trinajstić information content (AvgIpc) is 2.84. The van der Waals surface area contributed by atoms with Crippen LogP contribution in [0.5, 0.6) is 0 Å². The molecule has 4 rings (SSSR count). The van der Waals surface area contributed by atoms with Crippen LogP contribution in [0.15, 0.2) is 71.7 Å². The Hall–Kier alpha value is -3.04. The van der Waals surface area contributed by atoms with Gasteiger partial charge in [-0.2, -0.15) is 0 Å². The summed E-state index contributed by atoms with van der Waals surface area (Å²) in [5.41, 5.74) is 10.0. The summed E-state index contributed by atoms with van der Waals surface area (Å²) in [5, 5.41) is 8.74. The molecule has 1 heterocycles. The van der Waals surface area contributed by atoms with E-state index in [1.807, 2.05) is 18.2 Å². The fraction of sp³-hybridized carbons (Fsp3) is 0.375. The van der Waals surface area contributed by atoms with Crippen molar-refractivity contribution in [3.8, 4) is 0 Å². The summed E-state index contributed by atoms with van der Waals surface area (Å²) in [5.74, 6) is 1.02. The van der Waals surface area contributed by atoms with Gasteiger partial charge in [0.2, 0.25) is 0 Å². The third-order valence-corrected chi connectivity index (χ3v) is 7.34. The van der Waals surface area contributed by atoms with Gasteiger partial charge >= 0.3 is 0 Å². The molecule has 182 valence electrons. The Morgan fingerprint density at radius 2 is 1.49 bits per heavy atom. The number of rotatable bonds is 7. The topological polar surface area (TPSA) is 39.5 Å². The molecule has 0 atom stereocenters. The molecule has 0 amide bonds. The van der Waals surface area contributed by atoms with Gasteiger partial charge in [-0.1, -0.05) is 74.5 Å². The van der Waals surface area contributed by atoms with Crippen molar-refractivity contribution in [3.05, 3.63) is 100 Å². The number of hydrogen-bond acceptors (Lipinski definition) is 3. The summed E-state index contributed by atoms with van der Waals surface area (Å²) in [4.78, 5) is 7.71. The molecular weight excluding hydrogens is 426 g/mol. The first-order chi connectivity index (χ1) is 16.8. The maximum absolute atomic E-state index is 8.74. The number of nitrogens with zero attached hydrogens (tertiary/aromatic N) is 2. The van der Waals surface area contributed by atoms with Gasteiger partial charge in [0.15, 0.2) is 0 Å². The summed E-state index contributed by atoms with van der Waals surface area (Å²) < 4.78 is 0. The van der Waals surface area contributed by atoms with E-state index in [9.17, 15) is 0 Å². The van der Waals surface area contributed by atoms with Crippen molar-refractivity contribution in [1.29, 1.82) is 5.41 Å². The highest BCUT2D eigenvalue weighted by molar-refractivity contribution is 6.12. The number of hydrogen-bond donors (Lipinski definition) is 1. The van der Waals surface area contributed by atoms with Gasteiger partial charge < -0.3 is 0 Å². The summed E-state index contributed by atoms with van der Waals surface area (Å²) >= 11 is 0. The van der Waals surface area contributed by atoms with Crippen molar-refractivity contribution >= 4 is 17.1 Å². The second kappa shape index (κ2) is 11.1. The van der Waals surface area contributed by atoms with Crippen LogP contribution in [0.2, 0.25) is 0 Å². The van der Waals surface area contributed by atoms with Crippen molar-refractivity contribution in [1.82, 2.24) is 4.90 Å². The minimum Gasteiger partial charge on any atom is -0.300 e. The molecule has 1 aliphatic heterocycles. The van der Waals surface area contributed by atoms with Gasteiger partial charge in [-0.25, -0.2) is 0 Å². The molecule has 0 saturated carbocycles. The number of piperidine rings is 1. The van der Waals surface area contributed by atoms with Crippen molar-refractivity contribution < 1.29 is 0 Å².